The maximum Gasteiger partial charge on any atom is 0.208 e. The van der Waals surface area contributed by atoms with E-state index in [0.29, 0.717) is 29.6 Å². The van der Waals surface area contributed by atoms with Gasteiger partial charge >= 0.3 is 0 Å². The second-order valence-corrected chi connectivity index (χ2v) is 15.0. The Morgan fingerprint density at radius 2 is 1.12 bits per heavy atom. The number of aliphatic hydroxyl groups excluding tert-OH is 5. The van der Waals surface area contributed by atoms with Gasteiger partial charge in [-0.15, -0.1) is 0 Å². The quantitative estimate of drug-likeness (QED) is 0.0214. The second-order valence-electron chi connectivity index (χ2n) is 15.0. The average molecular weight is 883 g/mol. The molecule has 66 heavy (non-hydrogen) atoms. The van der Waals surface area contributed by atoms with Gasteiger partial charge in [-0.25, -0.2) is 0 Å². The summed E-state index contributed by atoms with van der Waals surface area (Å²) in [5, 5.41) is 104. The Balaban J connectivity index is 1.20. The number of phenols is 5. The predicted molar refractivity (Wildman–Crippen MR) is 259 cm³/mol. The molecule has 0 saturated carbocycles. The van der Waals surface area contributed by atoms with Crippen LogP contribution >= 0.6 is 0 Å². The fourth-order valence-electron chi connectivity index (χ4n) is 7.53. The van der Waals surface area contributed by atoms with Crippen molar-refractivity contribution in [2.24, 2.45) is 0 Å². The van der Waals surface area contributed by atoms with Crippen molar-refractivity contribution in [1.29, 1.82) is 0 Å². The van der Waals surface area contributed by atoms with Crippen molar-refractivity contribution in [1.82, 2.24) is 0 Å². The van der Waals surface area contributed by atoms with Gasteiger partial charge in [-0.05, 0) is 87.4 Å². The van der Waals surface area contributed by atoms with Gasteiger partial charge in [-0.3, -0.25) is 0 Å². The lowest BCUT2D eigenvalue weighted by Crippen LogP contribution is -2.30. The number of allylic oxidation sites excluding steroid dienone is 6. The van der Waals surface area contributed by atoms with Gasteiger partial charge in [-0.2, -0.15) is 0 Å². The van der Waals surface area contributed by atoms with Crippen LogP contribution in [0.2, 0.25) is 0 Å². The highest BCUT2D eigenvalue weighted by Crippen LogP contribution is 2.57. The Morgan fingerprint density at radius 3 is 1.68 bits per heavy atom. The molecule has 7 rings (SSSR count). The van der Waals surface area contributed by atoms with Crippen molar-refractivity contribution in [3.63, 3.8) is 0 Å². The number of phenolic OH excluding ortho intramolecular Hbond substituents is 5. The van der Waals surface area contributed by atoms with Crippen LogP contribution in [0.1, 0.15) is 17.5 Å². The monoisotopic (exact) mass is 882 g/mol. The van der Waals surface area contributed by atoms with E-state index in [9.17, 15) is 51.1 Å². The standard InChI is InChI=1S/C54H46N2O10/c1-2-34(17-10-30-55(45(32-57)48(60)49(61)46(59)33-58)42-24-18-37(19-25-42)35-11-5-3-6-12-35)40-15-9-16-41(31-40)39-22-28-44(29-23-39)56(47-50(62)52(64)54(66)53(65)51(47)63)43-26-20-38(21-27-43)36-13-7-4-8-14-36/h2-26,28-33,43,57-66H,1,27H2/b30-10+,34-17+,45-32-,46-33-,49-48-. The molecule has 0 aliphatic heterocycles. The third kappa shape index (κ3) is 9.29. The first-order valence-electron chi connectivity index (χ1n) is 20.5. The lowest BCUT2D eigenvalue weighted by atomic mass is 9.95. The maximum atomic E-state index is 11.1. The highest BCUT2D eigenvalue weighted by Gasteiger charge is 2.32. The number of aromatic hydroxyl groups is 5. The number of anilines is 3. The van der Waals surface area contributed by atoms with E-state index in [2.05, 4.69) is 6.58 Å². The number of rotatable bonds is 14. The zero-order valence-corrected chi connectivity index (χ0v) is 35.3. The SMILES string of the molecule is C=C/C(=C\C=C\N(C(=C\O)/C(O)=C(O)\C(O)=C\O)c1ccc(-c2ccccc2)cc1)c1cccc(-c2ccc(N(c3c(O)c(O)c(O)c(O)c3O)C3C=CC(c4ccccc4)=CC3)cc2)c1. The molecule has 1 aliphatic carbocycles. The van der Waals surface area contributed by atoms with Gasteiger partial charge in [0, 0.05) is 17.6 Å². The lowest BCUT2D eigenvalue weighted by molar-refractivity contribution is 0.273. The Morgan fingerprint density at radius 1 is 0.576 bits per heavy atom. The molecule has 0 radical (unpaired) electrons. The third-order valence-electron chi connectivity index (χ3n) is 11.0. The number of nitrogens with zero attached hydrogens (tertiary/aromatic N) is 2. The molecular weight excluding hydrogens is 837 g/mol. The van der Waals surface area contributed by atoms with E-state index in [4.69, 9.17) is 0 Å². The third-order valence-corrected chi connectivity index (χ3v) is 11.0. The molecule has 0 bridgehead atoms. The summed E-state index contributed by atoms with van der Waals surface area (Å²) >= 11 is 0. The molecular formula is C54H46N2O10. The summed E-state index contributed by atoms with van der Waals surface area (Å²) in [7, 11) is 0. The highest BCUT2D eigenvalue weighted by atomic mass is 16.4. The summed E-state index contributed by atoms with van der Waals surface area (Å²) in [5.74, 6) is -7.69. The van der Waals surface area contributed by atoms with Crippen molar-refractivity contribution >= 4 is 28.2 Å². The Labute approximate surface area is 380 Å². The van der Waals surface area contributed by atoms with Crippen LogP contribution in [0.4, 0.5) is 17.1 Å². The molecule has 0 fully saturated rings. The average Bonchev–Trinajstić information content (AvgIpc) is 3.37. The summed E-state index contributed by atoms with van der Waals surface area (Å²) < 4.78 is 0. The van der Waals surface area contributed by atoms with Gasteiger partial charge in [0.15, 0.2) is 23.0 Å². The van der Waals surface area contributed by atoms with Crippen LogP contribution in [0.5, 0.6) is 28.7 Å². The first-order valence-corrected chi connectivity index (χ1v) is 20.5. The molecule has 6 aromatic carbocycles. The van der Waals surface area contributed by atoms with Gasteiger partial charge in [-0.1, -0.05) is 140 Å². The zero-order chi connectivity index (χ0) is 46.9. The van der Waals surface area contributed by atoms with Crippen LogP contribution in [0, 0.1) is 0 Å². The topological polar surface area (TPSA) is 209 Å². The fourth-order valence-corrected chi connectivity index (χ4v) is 7.53. The van der Waals surface area contributed by atoms with Gasteiger partial charge < -0.3 is 60.9 Å². The minimum Gasteiger partial charge on any atom is -0.513 e. The highest BCUT2D eigenvalue weighted by molar-refractivity contribution is 5.86. The van der Waals surface area contributed by atoms with Gasteiger partial charge in [0.05, 0.1) is 6.04 Å². The normalized spacial score (nSPS) is 14.7. The van der Waals surface area contributed by atoms with Crippen molar-refractivity contribution in [2.75, 3.05) is 9.80 Å². The molecule has 0 saturated heterocycles. The smallest absolute Gasteiger partial charge is 0.208 e. The minimum atomic E-state index is -1.08. The van der Waals surface area contributed by atoms with E-state index >= 15 is 0 Å². The Hall–Kier alpha value is -9.16. The van der Waals surface area contributed by atoms with Gasteiger partial charge in [0.1, 0.15) is 23.9 Å². The molecule has 0 spiro atoms. The van der Waals surface area contributed by atoms with Gasteiger partial charge in [0.2, 0.25) is 23.0 Å². The number of aliphatic hydroxyl groups is 5. The van der Waals surface area contributed by atoms with Crippen molar-refractivity contribution in [3.05, 3.63) is 229 Å². The van der Waals surface area contributed by atoms with Gasteiger partial charge in [0.25, 0.3) is 0 Å². The summed E-state index contributed by atoms with van der Waals surface area (Å²) in [6, 6.07) is 40.9. The number of hydrogen-bond donors (Lipinski definition) is 10. The zero-order valence-electron chi connectivity index (χ0n) is 35.3. The Kier molecular flexibility index (Phi) is 13.5. The molecule has 332 valence electrons. The first kappa shape index (κ1) is 44.9. The summed E-state index contributed by atoms with van der Waals surface area (Å²) in [6.07, 6.45) is 13.5. The summed E-state index contributed by atoms with van der Waals surface area (Å²) in [5.41, 5.74) is 7.19. The molecule has 10 N–H and O–H groups in total. The molecule has 0 heterocycles. The van der Waals surface area contributed by atoms with Crippen LogP contribution in [0.3, 0.4) is 0 Å². The molecule has 1 atom stereocenters. The van der Waals surface area contributed by atoms with E-state index in [1.54, 1.807) is 47.4 Å². The minimum absolute atomic E-state index is 0.202. The lowest BCUT2D eigenvalue weighted by Gasteiger charge is -2.34. The first-order chi connectivity index (χ1) is 31.9. The molecule has 0 amide bonds. The van der Waals surface area contributed by atoms with Crippen LogP contribution < -0.4 is 9.80 Å². The molecule has 6 aromatic rings. The molecule has 1 aliphatic rings. The van der Waals surface area contributed by atoms with Crippen LogP contribution in [-0.2, 0) is 0 Å². The maximum absolute atomic E-state index is 11.1. The van der Waals surface area contributed by atoms with Crippen molar-refractivity contribution in [3.8, 4) is 51.0 Å². The van der Waals surface area contributed by atoms with Crippen LogP contribution in [-0.4, -0.2) is 57.1 Å². The Bertz CT molecular complexity index is 2920. The van der Waals surface area contributed by atoms with Crippen LogP contribution in [0.25, 0.3) is 33.4 Å². The summed E-state index contributed by atoms with van der Waals surface area (Å²) in [6.45, 7) is 4.01. The predicted octanol–water partition coefficient (Wildman–Crippen LogP) is 12.4. The molecule has 1 unspecified atom stereocenters. The van der Waals surface area contributed by atoms with E-state index in [1.165, 1.54) is 11.1 Å². The number of hydrogen-bond acceptors (Lipinski definition) is 12. The molecule has 12 nitrogen and oxygen atoms in total. The van der Waals surface area contributed by atoms with Crippen molar-refractivity contribution < 1.29 is 51.1 Å². The van der Waals surface area contributed by atoms with E-state index in [1.807, 2.05) is 127 Å². The van der Waals surface area contributed by atoms with E-state index < -0.39 is 52.1 Å². The second kappa shape index (κ2) is 19.9. The number of benzene rings is 6. The van der Waals surface area contributed by atoms with E-state index in [0.717, 1.165) is 39.0 Å². The van der Waals surface area contributed by atoms with Crippen LogP contribution in [0.15, 0.2) is 218 Å². The van der Waals surface area contributed by atoms with E-state index in [-0.39, 0.29) is 17.6 Å². The molecule has 12 heteroatoms. The molecule has 0 aromatic heterocycles. The fraction of sp³-hybridized carbons (Fsp3) is 0.0370. The largest absolute Gasteiger partial charge is 0.513 e. The van der Waals surface area contributed by atoms with Crippen molar-refractivity contribution in [2.45, 2.75) is 12.5 Å². The summed E-state index contributed by atoms with van der Waals surface area (Å²) in [4.78, 5) is 2.94.